The predicted octanol–water partition coefficient (Wildman–Crippen LogP) is -15.4. The monoisotopic (exact) mass is 1570 g/mol. The number of carbonyl (C=O) groups is 3. The molecule has 99 heavy (non-hydrogen) atoms. The summed E-state index contributed by atoms with van der Waals surface area (Å²) < 4.78 is 250. The van der Waals surface area contributed by atoms with Gasteiger partial charge in [0.15, 0.2) is 37.4 Å². The maximum absolute atomic E-state index is 13.6. The van der Waals surface area contributed by atoms with Crippen LogP contribution in [0.15, 0.2) is 45.7 Å². The molecule has 0 radical (unpaired) electrons. The van der Waals surface area contributed by atoms with Crippen LogP contribution in [0.25, 0.3) is 31.3 Å². The van der Waals surface area contributed by atoms with Gasteiger partial charge in [0.05, 0.1) is 31.4 Å². The number of hydrogen-bond donors (Lipinski definition) is 4. The number of ether oxygens (including phenoxy) is 12. The molecule has 536 valence electrons. The van der Waals surface area contributed by atoms with Crippen LogP contribution in [0.1, 0.15) is 40.2 Å². The first kappa shape index (κ1) is 103. The van der Waals surface area contributed by atoms with Gasteiger partial charge >= 0.3 is 166 Å². The second-order valence-electron chi connectivity index (χ2n) is 20.3. The summed E-state index contributed by atoms with van der Waals surface area (Å²) in [6, 6.07) is 5.02. The van der Waals surface area contributed by atoms with Gasteiger partial charge in [0.1, 0.15) is 36.8 Å². The summed E-state index contributed by atoms with van der Waals surface area (Å²) in [7, 11) is -24.7. The Kier molecular flexibility index (Phi) is 48.6. The van der Waals surface area contributed by atoms with Crippen molar-refractivity contribution in [3.8, 4) is 0 Å². The van der Waals surface area contributed by atoms with Gasteiger partial charge in [-0.2, -0.15) is 0 Å². The number of hydrogen-bond acceptors (Lipinski definition) is 35. The van der Waals surface area contributed by atoms with Crippen LogP contribution in [0.3, 0.4) is 0 Å². The Morgan fingerprint density at radius 1 is 0.586 bits per heavy atom. The molecule has 5 aliphatic heterocycles. The van der Waals surface area contributed by atoms with E-state index in [1.807, 2.05) is 13.8 Å². The fraction of sp³-hybridized carbons (Fsp3) is 0.727. The molecule has 4 N–H and O–H groups in total. The second kappa shape index (κ2) is 46.8. The van der Waals surface area contributed by atoms with Crippen LogP contribution < -0.4 is 148 Å². The Morgan fingerprint density at radius 2 is 1.04 bits per heavy atom. The minimum absolute atomic E-state index is 0. The van der Waals surface area contributed by atoms with E-state index in [-0.39, 0.29) is 173 Å². The van der Waals surface area contributed by atoms with Crippen LogP contribution in [-0.4, -0.2) is 232 Å². The van der Waals surface area contributed by atoms with Gasteiger partial charge in [0.2, 0.25) is 52.0 Å². The maximum Gasteiger partial charge on any atom is 1.00 e. The smallest absolute Gasteiger partial charge is 0.726 e. The molecule has 0 bridgehead atoms. The van der Waals surface area contributed by atoms with Gasteiger partial charge in [-0.3, -0.25) is 33.2 Å². The third-order valence-electron chi connectivity index (χ3n) is 14.1. The molecule has 6 rings (SSSR count). The van der Waals surface area contributed by atoms with Crippen molar-refractivity contribution in [2.45, 2.75) is 158 Å². The van der Waals surface area contributed by atoms with Gasteiger partial charge in [-0.25, -0.2) is 51.7 Å². The van der Waals surface area contributed by atoms with Crippen LogP contribution in [0.4, 0.5) is 0 Å². The van der Waals surface area contributed by atoms with Crippen molar-refractivity contribution in [1.29, 1.82) is 0 Å². The molecule has 5 fully saturated rings. The van der Waals surface area contributed by atoms with Crippen molar-refractivity contribution >= 4 is 70.4 Å². The van der Waals surface area contributed by atoms with Gasteiger partial charge in [0, 0.05) is 28.8 Å². The number of carboxylic acid groups (broad SMARTS) is 1. The molecule has 5 heterocycles. The van der Waals surface area contributed by atoms with Crippen molar-refractivity contribution in [3.63, 3.8) is 0 Å². The predicted molar refractivity (Wildman–Crippen MR) is 291 cm³/mol. The summed E-state index contributed by atoms with van der Waals surface area (Å²) in [6.45, 7) is 14.6. The van der Waals surface area contributed by atoms with E-state index < -0.39 is 205 Å². The van der Waals surface area contributed by atoms with E-state index in [0.29, 0.717) is 5.56 Å². The van der Waals surface area contributed by atoms with E-state index in [2.05, 4.69) is 48.1 Å². The third kappa shape index (κ3) is 36.0. The van der Waals surface area contributed by atoms with Crippen LogP contribution in [0.2, 0.25) is 0 Å². The van der Waals surface area contributed by atoms with Crippen LogP contribution >= 0.6 is 0 Å². The van der Waals surface area contributed by atoms with E-state index >= 15 is 0 Å². The third-order valence-corrected chi connectivity index (χ3v) is 15.0. The molecule has 10 unspecified atom stereocenters. The summed E-state index contributed by atoms with van der Waals surface area (Å²) in [5, 5.41) is 21.8. The van der Waals surface area contributed by atoms with Crippen LogP contribution in [0.5, 0.6) is 0 Å². The quantitative estimate of drug-likeness (QED) is 0.00755. The average molecular weight is 1570 g/mol. The van der Waals surface area contributed by atoms with Crippen molar-refractivity contribution in [2.24, 2.45) is 44.9 Å². The van der Waals surface area contributed by atoms with E-state index in [9.17, 15) is 62.0 Å². The number of benzene rings is 1. The minimum Gasteiger partial charge on any atom is -0.726 e. The number of carboxylic acids is 1. The fourth-order valence-electron chi connectivity index (χ4n) is 9.78. The zero-order chi connectivity index (χ0) is 71.6. The molecular formula is C44H61N9Na5O36S5-3. The van der Waals surface area contributed by atoms with Gasteiger partial charge in [-0.15, -0.1) is 5.11 Å². The molecule has 55 heteroatoms. The van der Waals surface area contributed by atoms with Gasteiger partial charge in [-0.05, 0) is 50.9 Å². The summed E-state index contributed by atoms with van der Waals surface area (Å²) in [6.07, 6.45) is -24.3. The second-order valence-corrected chi connectivity index (χ2v) is 24.9. The van der Waals surface area contributed by atoms with Gasteiger partial charge in [0.25, 0.3) is 0 Å². The van der Waals surface area contributed by atoms with Crippen molar-refractivity contribution in [1.82, 2.24) is 0 Å². The summed E-state index contributed by atoms with van der Waals surface area (Å²) in [4.78, 5) is 46.8. The molecule has 1 aromatic rings. The Balaban J connectivity index is -0.00000415. The molecule has 0 aliphatic carbocycles. The fourth-order valence-corrected chi connectivity index (χ4v) is 10.6. The molecule has 0 aromatic heterocycles. The van der Waals surface area contributed by atoms with E-state index in [0.717, 1.165) is 7.11 Å². The van der Waals surface area contributed by atoms with E-state index in [1.54, 1.807) is 37.3 Å². The molecule has 0 saturated carbocycles. The number of carbonyl (C=O) groups excluding carboxylic acids is 2. The first-order valence-corrected chi connectivity index (χ1v) is 33.0. The molecular weight excluding hydrogens is 1510 g/mol. The zero-order valence-electron chi connectivity index (χ0n) is 54.1. The Morgan fingerprint density at radius 3 is 1.52 bits per heavy atom. The SMILES string of the molecule is O=S(=O)([O-])O.O=S(=O)([O-])O.O=S(=O)([O-])O.[CH2-]C1O[C@H](O[C@@H]2C(C(=O)O)O[C@@H](O[C@@H]3C(COS(=O)(=O)[O-])O[C@H](OC)C(N=[N+]=[N-])[C@H]3C)C(OS(=O)(=O)[O-])[C@H]2C)C(N=[N+]=[N-])[CH-][C@@H]1O[C@@H]1OC(C(=O)OC=O)[C@@H](O[C@H]2OC([CH2-])[C@@H](C)[C@H](C)C2N=[N+]=[N-])[C@H](C)C1OCc1ccccc1.[Na+].[Na+].[Na+].[Na+].[Na+]. The molecule has 5 aliphatic rings. The average Bonchev–Trinajstić information content (AvgIpc) is 0.773. The number of methoxy groups -OCH3 is 1. The van der Waals surface area contributed by atoms with Crippen LogP contribution in [-0.2, 0) is 138 Å². The molecule has 0 spiro atoms. The standard InChI is InChI=1S/C44H60N9O24S2.5Na.3H2O4S/c1-18-19(2)29(49-52-46)42(68-23(18)6)74-33-21(4)34(65-15-25-12-10-9-11-13-25)43(76-37(33)39(57)66-17-54)70-27-14-26(48-51-45)40(69-24(27)7)73-32-22(5)35(77-79(61,62)63)44(75-36(32)38(55)56)72-31-20(3)30(50-53-47)41(64-8)71-28(31)16-67-78(58,59)60;;;;;;3*1-5(2,3)4/h9-14,17-24,26-37,40-44H,6-7,15-16H2,1-5,8H3,(H,55,56)(H,58,59,60)(H,61,62,63);;;;;;3*(H2,1,2,3,4)/q-3;5*+1;;;/p-5/t18-,19-,20+,21-,22-,23?,24?,26?,27-,28?,29?,30?,31-,32-,33-,34?,35?,36?,37?,40+,41-,42+,43+,44+;;;;;;;;/m0......../s1. The summed E-state index contributed by atoms with van der Waals surface area (Å²) in [5.74, 6) is -7.19. The van der Waals surface area contributed by atoms with Crippen molar-refractivity contribution < 1.29 is 311 Å². The van der Waals surface area contributed by atoms with Crippen molar-refractivity contribution in [2.75, 3.05) is 13.7 Å². The molecule has 45 nitrogen and oxygen atoms in total. The summed E-state index contributed by atoms with van der Waals surface area (Å²) in [5.41, 5.74) is 29.2. The zero-order valence-corrected chi connectivity index (χ0v) is 68.2. The molecule has 24 atom stereocenters. The first-order valence-electron chi connectivity index (χ1n) is 26.2. The van der Waals surface area contributed by atoms with E-state index in [4.69, 9.17) is 114 Å². The normalized spacial score (nSPS) is 33.6. The Bertz CT molecular complexity index is 3340. The topological polar surface area (TPSA) is 694 Å². The molecule has 5 saturated heterocycles. The number of rotatable bonds is 23. The van der Waals surface area contributed by atoms with E-state index in [1.165, 1.54) is 20.3 Å². The molecule has 1 aromatic carbocycles. The number of esters is 1. The largest absolute Gasteiger partial charge is 1.00 e. The number of aliphatic carboxylic acids is 1. The Labute approximate surface area is 677 Å². The van der Waals surface area contributed by atoms with Crippen LogP contribution in [0, 0.1) is 49.9 Å². The van der Waals surface area contributed by atoms with Gasteiger partial charge < -0.3 is 98.6 Å². The van der Waals surface area contributed by atoms with Crippen molar-refractivity contribution in [3.05, 3.63) is 87.5 Å². The molecule has 0 amide bonds. The maximum atomic E-state index is 13.6. The first-order chi connectivity index (χ1) is 43.3. The minimum atomic E-state index is -5.74. The summed E-state index contributed by atoms with van der Waals surface area (Å²) >= 11 is 0. The number of azide groups is 3. The number of nitrogens with zero attached hydrogens (tertiary/aromatic N) is 9. The van der Waals surface area contributed by atoms with Gasteiger partial charge in [-0.1, -0.05) is 93.5 Å². The Hall–Kier alpha value is -0.330.